The highest BCUT2D eigenvalue weighted by Crippen LogP contribution is 2.28. The van der Waals surface area contributed by atoms with E-state index in [1.165, 1.54) is 0 Å². The van der Waals surface area contributed by atoms with Gasteiger partial charge in [-0.3, -0.25) is 5.10 Å². The van der Waals surface area contributed by atoms with Gasteiger partial charge in [0, 0.05) is 44.6 Å². The Bertz CT molecular complexity index is 1130. The van der Waals surface area contributed by atoms with Crippen molar-refractivity contribution in [3.05, 3.63) is 36.0 Å². The molecule has 1 fully saturated rings. The number of nitrogens with zero attached hydrogens (tertiary/aromatic N) is 7. The summed E-state index contributed by atoms with van der Waals surface area (Å²) in [5.74, 6) is 2.03. The van der Waals surface area contributed by atoms with E-state index in [0.717, 1.165) is 49.4 Å². The van der Waals surface area contributed by atoms with Crippen LogP contribution in [0.15, 0.2) is 28.9 Å². The number of aliphatic hydroxyl groups excluding tert-OH is 1. The molecule has 1 saturated heterocycles. The van der Waals surface area contributed by atoms with E-state index in [2.05, 4.69) is 25.1 Å². The molecule has 0 bridgehead atoms. The van der Waals surface area contributed by atoms with Crippen molar-refractivity contribution < 1.29 is 9.52 Å². The zero-order chi connectivity index (χ0) is 21.2. The van der Waals surface area contributed by atoms with E-state index in [1.54, 1.807) is 12.4 Å². The maximum atomic E-state index is 9.29. The number of hydrogen-bond acceptors (Lipinski definition) is 8. The molecule has 5 heterocycles. The van der Waals surface area contributed by atoms with Crippen LogP contribution < -0.4 is 4.90 Å². The summed E-state index contributed by atoms with van der Waals surface area (Å²) >= 11 is 0. The number of oxazole rings is 1. The normalized spacial score (nSPS) is 17.0. The standard InChI is InChI=1S/C21H26N8O2/c1-14-16(12-23-26-14)19-24-18(29(27-19)9-4-10-30)11-15-5-3-8-28(13-15)21-25-20-17(31-21)6-2-7-22-20/h2,6-7,12,15,30H,3-5,8-11,13H2,1H3,(H,23,26). The van der Waals surface area contributed by atoms with E-state index >= 15 is 0 Å². The molecule has 162 valence electrons. The van der Waals surface area contributed by atoms with Crippen LogP contribution in [0.5, 0.6) is 0 Å². The number of nitrogens with one attached hydrogen (secondary N) is 1. The summed E-state index contributed by atoms with van der Waals surface area (Å²) in [6, 6.07) is 4.38. The summed E-state index contributed by atoms with van der Waals surface area (Å²) in [6.07, 6.45) is 7.12. The van der Waals surface area contributed by atoms with Crippen molar-refractivity contribution in [2.45, 2.75) is 39.2 Å². The number of rotatable bonds is 7. The highest BCUT2D eigenvalue weighted by molar-refractivity contribution is 5.69. The molecule has 1 atom stereocenters. The van der Waals surface area contributed by atoms with Crippen molar-refractivity contribution in [3.8, 4) is 11.4 Å². The van der Waals surface area contributed by atoms with Gasteiger partial charge in [-0.1, -0.05) is 0 Å². The van der Waals surface area contributed by atoms with Crippen LogP contribution in [0.3, 0.4) is 0 Å². The Hall–Kier alpha value is -3.27. The molecule has 4 aromatic rings. The van der Waals surface area contributed by atoms with Crippen LogP contribution in [0, 0.1) is 12.8 Å². The van der Waals surface area contributed by atoms with Gasteiger partial charge in [-0.05, 0) is 44.2 Å². The number of aliphatic hydroxyl groups is 1. The predicted octanol–water partition coefficient (Wildman–Crippen LogP) is 2.35. The molecule has 5 rings (SSSR count). The number of aromatic amines is 1. The van der Waals surface area contributed by atoms with Crippen molar-refractivity contribution in [1.82, 2.24) is 34.9 Å². The van der Waals surface area contributed by atoms with Gasteiger partial charge in [-0.25, -0.2) is 14.6 Å². The molecule has 1 aliphatic rings. The molecule has 31 heavy (non-hydrogen) atoms. The molecule has 10 heteroatoms. The quantitative estimate of drug-likeness (QED) is 0.465. The number of fused-ring (bicyclic) bond motifs is 1. The van der Waals surface area contributed by atoms with Gasteiger partial charge >= 0.3 is 0 Å². The Kier molecular flexibility index (Phi) is 5.37. The third kappa shape index (κ3) is 4.02. The summed E-state index contributed by atoms with van der Waals surface area (Å²) in [6.45, 7) is 4.50. The van der Waals surface area contributed by atoms with Crippen LogP contribution >= 0.6 is 0 Å². The van der Waals surface area contributed by atoms with Crippen LogP contribution in [-0.2, 0) is 13.0 Å². The third-order valence-electron chi connectivity index (χ3n) is 5.76. The lowest BCUT2D eigenvalue weighted by Crippen LogP contribution is -2.36. The van der Waals surface area contributed by atoms with E-state index in [9.17, 15) is 5.11 Å². The predicted molar refractivity (Wildman–Crippen MR) is 114 cm³/mol. The van der Waals surface area contributed by atoms with Crippen molar-refractivity contribution in [2.24, 2.45) is 5.92 Å². The highest BCUT2D eigenvalue weighted by Gasteiger charge is 2.26. The van der Waals surface area contributed by atoms with E-state index < -0.39 is 0 Å². The lowest BCUT2D eigenvalue weighted by Gasteiger charge is -2.31. The fraction of sp³-hybridized carbons (Fsp3) is 0.476. The molecule has 0 amide bonds. The second-order valence-corrected chi connectivity index (χ2v) is 8.04. The van der Waals surface area contributed by atoms with E-state index in [-0.39, 0.29) is 6.61 Å². The van der Waals surface area contributed by atoms with Gasteiger partial charge in [0.05, 0.1) is 11.8 Å². The monoisotopic (exact) mass is 422 g/mol. The zero-order valence-corrected chi connectivity index (χ0v) is 17.5. The topological polar surface area (TPSA) is 122 Å². The number of hydrogen-bond donors (Lipinski definition) is 2. The number of anilines is 1. The summed E-state index contributed by atoms with van der Waals surface area (Å²) in [5.41, 5.74) is 3.21. The van der Waals surface area contributed by atoms with Crippen molar-refractivity contribution >= 4 is 17.2 Å². The molecule has 10 nitrogen and oxygen atoms in total. The first-order chi connectivity index (χ1) is 15.2. The largest absolute Gasteiger partial charge is 0.422 e. The summed E-state index contributed by atoms with van der Waals surface area (Å²) in [4.78, 5) is 15.9. The first-order valence-electron chi connectivity index (χ1n) is 10.7. The second-order valence-electron chi connectivity index (χ2n) is 8.04. The van der Waals surface area contributed by atoms with Crippen molar-refractivity contribution in [1.29, 1.82) is 0 Å². The minimum atomic E-state index is 0.127. The van der Waals surface area contributed by atoms with Gasteiger partial charge in [0.25, 0.3) is 6.01 Å². The summed E-state index contributed by atoms with van der Waals surface area (Å²) < 4.78 is 7.86. The Morgan fingerprint density at radius 3 is 3.06 bits per heavy atom. The van der Waals surface area contributed by atoms with Gasteiger partial charge in [-0.2, -0.15) is 15.2 Å². The van der Waals surface area contributed by atoms with Gasteiger partial charge in [-0.15, -0.1) is 0 Å². The molecular formula is C21H26N8O2. The molecule has 0 saturated carbocycles. The Labute approximate surface area is 179 Å². The van der Waals surface area contributed by atoms with E-state index in [0.29, 0.717) is 42.0 Å². The van der Waals surface area contributed by atoms with E-state index in [4.69, 9.17) is 14.5 Å². The maximum Gasteiger partial charge on any atom is 0.299 e. The van der Waals surface area contributed by atoms with Gasteiger partial charge in [0.2, 0.25) is 5.65 Å². The highest BCUT2D eigenvalue weighted by atomic mass is 16.4. The average Bonchev–Trinajstić information content (AvgIpc) is 3.50. The number of H-pyrrole nitrogens is 1. The van der Waals surface area contributed by atoms with Crippen LogP contribution in [0.4, 0.5) is 6.01 Å². The molecule has 4 aromatic heterocycles. The fourth-order valence-corrected chi connectivity index (χ4v) is 4.17. The molecule has 2 N–H and O–H groups in total. The average molecular weight is 422 g/mol. The number of aromatic nitrogens is 7. The molecule has 1 unspecified atom stereocenters. The number of pyridine rings is 1. The van der Waals surface area contributed by atoms with Crippen LogP contribution in [-0.4, -0.2) is 59.7 Å². The number of piperidine rings is 1. The van der Waals surface area contributed by atoms with Crippen molar-refractivity contribution in [3.63, 3.8) is 0 Å². The smallest absolute Gasteiger partial charge is 0.299 e. The van der Waals surface area contributed by atoms with Gasteiger partial charge in [0.1, 0.15) is 5.82 Å². The second kappa shape index (κ2) is 8.46. The Balaban J connectivity index is 1.35. The van der Waals surface area contributed by atoms with Gasteiger partial charge < -0.3 is 14.4 Å². The minimum absolute atomic E-state index is 0.127. The Morgan fingerprint density at radius 2 is 2.26 bits per heavy atom. The maximum absolute atomic E-state index is 9.29. The summed E-state index contributed by atoms with van der Waals surface area (Å²) in [5, 5.41) is 21.0. The molecule has 0 aliphatic carbocycles. The first-order valence-corrected chi connectivity index (χ1v) is 10.7. The molecule has 1 aliphatic heterocycles. The lowest BCUT2D eigenvalue weighted by molar-refractivity contribution is 0.275. The van der Waals surface area contributed by atoms with Crippen LogP contribution in [0.25, 0.3) is 22.6 Å². The third-order valence-corrected chi connectivity index (χ3v) is 5.76. The van der Waals surface area contributed by atoms with Crippen molar-refractivity contribution in [2.75, 3.05) is 24.6 Å². The molecule has 0 aromatic carbocycles. The number of aryl methyl sites for hydroxylation is 2. The molecule has 0 spiro atoms. The fourth-order valence-electron chi connectivity index (χ4n) is 4.17. The molecule has 0 radical (unpaired) electrons. The van der Waals surface area contributed by atoms with Crippen LogP contribution in [0.1, 0.15) is 30.8 Å². The Morgan fingerprint density at radius 1 is 1.32 bits per heavy atom. The summed E-state index contributed by atoms with van der Waals surface area (Å²) in [7, 11) is 0. The minimum Gasteiger partial charge on any atom is -0.422 e. The first kappa shape index (κ1) is 19.7. The molecular weight excluding hydrogens is 396 g/mol. The lowest BCUT2D eigenvalue weighted by atomic mass is 9.94. The van der Waals surface area contributed by atoms with Gasteiger partial charge in [0.15, 0.2) is 11.4 Å². The van der Waals surface area contributed by atoms with E-state index in [1.807, 2.05) is 23.7 Å². The SMILES string of the molecule is Cc1[nH]ncc1-c1nc(CC2CCCN(c3nc4ncccc4o3)C2)n(CCCO)n1. The zero-order valence-electron chi connectivity index (χ0n) is 17.5. The van der Waals surface area contributed by atoms with Crippen LogP contribution in [0.2, 0.25) is 0 Å².